The van der Waals surface area contributed by atoms with Gasteiger partial charge in [-0.15, -0.1) is 0 Å². The zero-order valence-electron chi connectivity index (χ0n) is 15.4. The Morgan fingerprint density at radius 1 is 1.21 bits per heavy atom. The molecule has 2 aromatic rings. The summed E-state index contributed by atoms with van der Waals surface area (Å²) in [7, 11) is -3.61. The minimum absolute atomic E-state index is 0.00927. The molecule has 1 amide bonds. The molecule has 0 aromatic heterocycles. The fourth-order valence-electron chi connectivity index (χ4n) is 2.65. The Morgan fingerprint density at radius 2 is 1.86 bits per heavy atom. The summed E-state index contributed by atoms with van der Waals surface area (Å²) in [5.41, 5.74) is 0.874. The van der Waals surface area contributed by atoms with E-state index in [1.54, 1.807) is 6.07 Å². The van der Waals surface area contributed by atoms with Gasteiger partial charge in [-0.2, -0.15) is 0 Å². The normalized spacial score (nSPS) is 11.1. The molecular weight excluding hydrogens is 389 g/mol. The van der Waals surface area contributed by atoms with Gasteiger partial charge in [0.15, 0.2) is 0 Å². The zero-order valence-corrected chi connectivity index (χ0v) is 16.2. The monoisotopic (exact) mass is 409 g/mol. The van der Waals surface area contributed by atoms with Crippen LogP contribution in [0, 0.1) is 22.9 Å². The van der Waals surface area contributed by atoms with E-state index in [9.17, 15) is 27.7 Å². The minimum atomic E-state index is -3.61. The molecule has 2 rings (SSSR count). The number of rotatable bonds is 8. The third-order valence-electron chi connectivity index (χ3n) is 4.06. The van der Waals surface area contributed by atoms with E-state index >= 15 is 0 Å². The highest BCUT2D eigenvalue weighted by atomic mass is 32.2. The molecule has 8 nitrogen and oxygen atoms in total. The molecule has 2 aromatic carbocycles. The number of hydrogen-bond donors (Lipinski definition) is 1. The van der Waals surface area contributed by atoms with E-state index in [1.165, 1.54) is 31.2 Å². The maximum absolute atomic E-state index is 13.1. The molecule has 0 radical (unpaired) electrons. The molecule has 0 spiro atoms. The number of halogens is 1. The standard InChI is InChI=1S/C18H20FN3O5S/c1-13-16(5-3-6-17(13)22(24)25)20-18(23)7-4-12-21(28(2,26)27)15-10-8-14(19)9-11-15/h3,5-6,8-11H,4,7,12H2,1-2H3,(H,20,23). The second kappa shape index (κ2) is 8.79. The molecule has 0 bridgehead atoms. The Balaban J connectivity index is 2.01. The van der Waals surface area contributed by atoms with Crippen molar-refractivity contribution in [3.8, 4) is 0 Å². The van der Waals surface area contributed by atoms with Crippen molar-refractivity contribution in [3.05, 3.63) is 64.0 Å². The Morgan fingerprint density at radius 3 is 2.43 bits per heavy atom. The van der Waals surface area contributed by atoms with E-state index in [2.05, 4.69) is 5.32 Å². The van der Waals surface area contributed by atoms with Crippen LogP contribution in [0.4, 0.5) is 21.5 Å². The van der Waals surface area contributed by atoms with Crippen LogP contribution in [-0.2, 0) is 14.8 Å². The van der Waals surface area contributed by atoms with Crippen LogP contribution < -0.4 is 9.62 Å². The van der Waals surface area contributed by atoms with Crippen LogP contribution in [-0.4, -0.2) is 32.0 Å². The van der Waals surface area contributed by atoms with Crippen LogP contribution >= 0.6 is 0 Å². The second-order valence-corrected chi connectivity index (χ2v) is 8.08. The molecule has 0 heterocycles. The largest absolute Gasteiger partial charge is 0.326 e. The molecule has 1 N–H and O–H groups in total. The van der Waals surface area contributed by atoms with Gasteiger partial charge in [-0.05, 0) is 43.7 Å². The number of anilines is 2. The molecule has 150 valence electrons. The van der Waals surface area contributed by atoms with Gasteiger partial charge >= 0.3 is 0 Å². The van der Waals surface area contributed by atoms with Crippen molar-refractivity contribution in [2.24, 2.45) is 0 Å². The van der Waals surface area contributed by atoms with Gasteiger partial charge in [0.05, 0.1) is 28.1 Å². The van der Waals surface area contributed by atoms with E-state index in [4.69, 9.17) is 0 Å². The summed E-state index contributed by atoms with van der Waals surface area (Å²) in [5, 5.41) is 13.6. The van der Waals surface area contributed by atoms with Crippen LogP contribution in [0.1, 0.15) is 18.4 Å². The summed E-state index contributed by atoms with van der Waals surface area (Å²) in [6.07, 6.45) is 1.25. The highest BCUT2D eigenvalue weighted by molar-refractivity contribution is 7.92. The van der Waals surface area contributed by atoms with Gasteiger partial charge in [0, 0.05) is 19.0 Å². The van der Waals surface area contributed by atoms with E-state index in [-0.39, 0.29) is 25.1 Å². The highest BCUT2D eigenvalue weighted by Crippen LogP contribution is 2.25. The smallest absolute Gasteiger partial charge is 0.274 e. The van der Waals surface area contributed by atoms with Gasteiger partial charge in [-0.3, -0.25) is 19.2 Å². The first-order chi connectivity index (χ1) is 13.1. The third kappa shape index (κ3) is 5.49. The van der Waals surface area contributed by atoms with Gasteiger partial charge in [0.1, 0.15) is 5.82 Å². The van der Waals surface area contributed by atoms with Crippen molar-refractivity contribution in [3.63, 3.8) is 0 Å². The lowest BCUT2D eigenvalue weighted by Gasteiger charge is -2.22. The molecule has 0 saturated carbocycles. The van der Waals surface area contributed by atoms with Crippen molar-refractivity contribution in [2.75, 3.05) is 22.4 Å². The Labute approximate surface area is 162 Å². The van der Waals surface area contributed by atoms with E-state index in [0.29, 0.717) is 16.9 Å². The lowest BCUT2D eigenvalue weighted by molar-refractivity contribution is -0.385. The molecule has 0 aliphatic rings. The number of amides is 1. The molecule has 0 aliphatic heterocycles. The number of nitro benzene ring substituents is 1. The van der Waals surface area contributed by atoms with Crippen LogP contribution in [0.5, 0.6) is 0 Å². The zero-order chi connectivity index (χ0) is 20.9. The van der Waals surface area contributed by atoms with Crippen LogP contribution in [0.2, 0.25) is 0 Å². The number of carbonyl (C=O) groups excluding carboxylic acids is 1. The van der Waals surface area contributed by atoms with Crippen LogP contribution in [0.3, 0.4) is 0 Å². The summed E-state index contributed by atoms with van der Waals surface area (Å²) in [5.74, 6) is -0.875. The van der Waals surface area contributed by atoms with Gasteiger partial charge in [-0.25, -0.2) is 12.8 Å². The average molecular weight is 409 g/mol. The summed E-state index contributed by atoms with van der Waals surface area (Å²) in [6.45, 7) is 1.57. The van der Waals surface area contributed by atoms with Crippen molar-refractivity contribution in [1.29, 1.82) is 0 Å². The first-order valence-corrected chi connectivity index (χ1v) is 10.2. The number of nitrogens with zero attached hydrogens (tertiary/aromatic N) is 2. The Hall–Kier alpha value is -3.01. The van der Waals surface area contributed by atoms with E-state index < -0.39 is 26.7 Å². The lowest BCUT2D eigenvalue weighted by atomic mass is 10.1. The molecule has 28 heavy (non-hydrogen) atoms. The van der Waals surface area contributed by atoms with Crippen molar-refractivity contribution in [1.82, 2.24) is 0 Å². The molecule has 10 heteroatoms. The predicted molar refractivity (Wildman–Crippen MR) is 104 cm³/mol. The average Bonchev–Trinajstić information content (AvgIpc) is 2.60. The number of sulfonamides is 1. The van der Waals surface area contributed by atoms with Crippen molar-refractivity contribution < 1.29 is 22.5 Å². The van der Waals surface area contributed by atoms with Gasteiger partial charge < -0.3 is 5.32 Å². The fraction of sp³-hybridized carbons (Fsp3) is 0.278. The molecular formula is C18H20FN3O5S. The molecule has 0 aliphatic carbocycles. The summed E-state index contributed by atoms with van der Waals surface area (Å²) in [6, 6.07) is 9.39. The van der Waals surface area contributed by atoms with Gasteiger partial charge in [-0.1, -0.05) is 6.07 Å². The SMILES string of the molecule is Cc1c(NC(=O)CCCN(c2ccc(F)cc2)S(C)(=O)=O)cccc1[N+](=O)[O-]. The summed E-state index contributed by atoms with van der Waals surface area (Å²) >= 11 is 0. The van der Waals surface area contributed by atoms with Crippen LogP contribution in [0.25, 0.3) is 0 Å². The summed E-state index contributed by atoms with van der Waals surface area (Å²) in [4.78, 5) is 22.6. The third-order valence-corrected chi connectivity index (χ3v) is 5.25. The highest BCUT2D eigenvalue weighted by Gasteiger charge is 2.18. The van der Waals surface area contributed by atoms with Gasteiger partial charge in [0.2, 0.25) is 15.9 Å². The number of carbonyl (C=O) groups is 1. The quantitative estimate of drug-likeness (QED) is 0.532. The Bertz CT molecular complexity index is 977. The van der Waals surface area contributed by atoms with Crippen molar-refractivity contribution in [2.45, 2.75) is 19.8 Å². The number of nitrogens with one attached hydrogen (secondary N) is 1. The van der Waals surface area contributed by atoms with E-state index in [0.717, 1.165) is 22.7 Å². The number of benzene rings is 2. The molecule has 0 unspecified atom stereocenters. The number of nitro groups is 1. The molecule has 0 atom stereocenters. The van der Waals surface area contributed by atoms with E-state index in [1.807, 2.05) is 0 Å². The first kappa shape index (κ1) is 21.3. The lowest BCUT2D eigenvalue weighted by Crippen LogP contribution is -2.31. The van der Waals surface area contributed by atoms with Crippen molar-refractivity contribution >= 4 is 33.0 Å². The van der Waals surface area contributed by atoms with Gasteiger partial charge in [0.25, 0.3) is 5.69 Å². The van der Waals surface area contributed by atoms with Crippen LogP contribution in [0.15, 0.2) is 42.5 Å². The second-order valence-electron chi connectivity index (χ2n) is 6.17. The predicted octanol–water partition coefficient (Wildman–Crippen LogP) is 3.23. The fourth-order valence-corrected chi connectivity index (χ4v) is 3.61. The number of hydrogen-bond acceptors (Lipinski definition) is 5. The maximum Gasteiger partial charge on any atom is 0.274 e. The molecule has 0 saturated heterocycles. The maximum atomic E-state index is 13.1. The summed E-state index contributed by atoms with van der Waals surface area (Å²) < 4.78 is 38.1. The molecule has 0 fully saturated rings. The minimum Gasteiger partial charge on any atom is -0.326 e. The topological polar surface area (TPSA) is 110 Å². The Kier molecular flexibility index (Phi) is 6.68. The first-order valence-electron chi connectivity index (χ1n) is 8.36.